The van der Waals surface area contributed by atoms with E-state index in [2.05, 4.69) is 31.7 Å². The molecule has 0 aromatic heterocycles. The van der Waals surface area contributed by atoms with E-state index < -0.39 is 0 Å². The SMILES string of the molecule is [C-]#[N+]C/C(C)=C/[C@H]1CC[C@@]2(C)CCC[C@@H](C)[C@H]12. The van der Waals surface area contributed by atoms with E-state index in [-0.39, 0.29) is 0 Å². The molecule has 2 rings (SSSR count). The lowest BCUT2D eigenvalue weighted by Crippen LogP contribution is -2.34. The predicted octanol–water partition coefficient (Wildman–Crippen LogP) is 4.70. The van der Waals surface area contributed by atoms with E-state index >= 15 is 0 Å². The number of rotatable bonds is 2. The Bertz CT molecular complexity index is 349. The van der Waals surface area contributed by atoms with Crippen LogP contribution < -0.4 is 0 Å². The minimum atomic E-state index is 0.592. The highest BCUT2D eigenvalue weighted by molar-refractivity contribution is 5.12. The summed E-state index contributed by atoms with van der Waals surface area (Å²) in [5.74, 6) is 2.49. The van der Waals surface area contributed by atoms with Crippen LogP contribution in [0.25, 0.3) is 4.85 Å². The minimum absolute atomic E-state index is 0.592. The summed E-state index contributed by atoms with van der Waals surface area (Å²) in [6.07, 6.45) is 9.43. The monoisotopic (exact) mass is 231 g/mol. The predicted molar refractivity (Wildman–Crippen MR) is 72.6 cm³/mol. The molecule has 1 heteroatoms. The Morgan fingerprint density at radius 3 is 2.88 bits per heavy atom. The van der Waals surface area contributed by atoms with Crippen molar-refractivity contribution in [2.45, 2.75) is 52.9 Å². The lowest BCUT2D eigenvalue weighted by Gasteiger charge is -2.42. The van der Waals surface area contributed by atoms with Gasteiger partial charge in [0.15, 0.2) is 0 Å². The number of hydrogen-bond donors (Lipinski definition) is 0. The van der Waals surface area contributed by atoms with Gasteiger partial charge in [-0.1, -0.05) is 32.8 Å². The summed E-state index contributed by atoms with van der Waals surface area (Å²) >= 11 is 0. The van der Waals surface area contributed by atoms with Crippen LogP contribution >= 0.6 is 0 Å². The summed E-state index contributed by atoms with van der Waals surface area (Å²) in [5, 5.41) is 0. The van der Waals surface area contributed by atoms with Gasteiger partial charge in [0.25, 0.3) is 0 Å². The van der Waals surface area contributed by atoms with Crippen LogP contribution in [0, 0.1) is 29.7 Å². The van der Waals surface area contributed by atoms with Gasteiger partial charge in [-0.15, -0.1) is 0 Å². The molecule has 0 heterocycles. The van der Waals surface area contributed by atoms with Crippen molar-refractivity contribution >= 4 is 0 Å². The second-order valence-electron chi connectivity index (χ2n) is 6.58. The molecule has 0 radical (unpaired) electrons. The Labute approximate surface area is 106 Å². The first kappa shape index (κ1) is 12.7. The first-order chi connectivity index (χ1) is 8.07. The lowest BCUT2D eigenvalue weighted by molar-refractivity contribution is 0.0822. The third kappa shape index (κ3) is 2.41. The molecule has 2 saturated carbocycles. The van der Waals surface area contributed by atoms with Crippen LogP contribution in [0.2, 0.25) is 0 Å². The number of nitrogens with zero attached hydrogens (tertiary/aromatic N) is 1. The normalized spacial score (nSPS) is 42.0. The van der Waals surface area contributed by atoms with Crippen LogP contribution in [-0.4, -0.2) is 6.54 Å². The molecule has 1 nitrogen and oxygen atoms in total. The Morgan fingerprint density at radius 2 is 2.18 bits per heavy atom. The molecule has 0 aromatic rings. The highest BCUT2D eigenvalue weighted by Crippen LogP contribution is 2.57. The zero-order valence-corrected chi connectivity index (χ0v) is 11.5. The van der Waals surface area contributed by atoms with Gasteiger partial charge in [0.05, 0.1) is 0 Å². The van der Waals surface area contributed by atoms with Gasteiger partial charge in [-0.05, 0) is 49.4 Å². The van der Waals surface area contributed by atoms with E-state index in [1.165, 1.54) is 37.7 Å². The fourth-order valence-corrected chi connectivity index (χ4v) is 4.50. The standard InChI is InChI=1S/C16H25N/c1-12(11-17-4)10-14-7-9-16(3)8-5-6-13(2)15(14)16/h10,13-15H,5-9,11H2,1-3H3/b12-10+/t13-,14-,15-,16-/m1/s1. The number of hydrogen-bond acceptors (Lipinski definition) is 0. The highest BCUT2D eigenvalue weighted by atomic mass is 14.6. The van der Waals surface area contributed by atoms with E-state index in [1.54, 1.807) is 0 Å². The van der Waals surface area contributed by atoms with Gasteiger partial charge in [-0.3, -0.25) is 0 Å². The summed E-state index contributed by atoms with van der Waals surface area (Å²) in [7, 11) is 0. The third-order valence-corrected chi connectivity index (χ3v) is 5.16. The quantitative estimate of drug-likeness (QED) is 0.479. The van der Waals surface area contributed by atoms with Gasteiger partial charge in [0.2, 0.25) is 6.54 Å². The van der Waals surface area contributed by atoms with Gasteiger partial charge in [0, 0.05) is 5.57 Å². The smallest absolute Gasteiger partial charge is 0.235 e. The number of fused-ring (bicyclic) bond motifs is 1. The molecule has 4 atom stereocenters. The molecule has 2 aliphatic rings. The first-order valence-electron chi connectivity index (χ1n) is 7.07. The van der Waals surface area contributed by atoms with Crippen molar-refractivity contribution in [2.75, 3.05) is 6.54 Å². The molecule has 0 amide bonds. The summed E-state index contributed by atoms with van der Waals surface area (Å²) in [5.41, 5.74) is 1.88. The summed E-state index contributed by atoms with van der Waals surface area (Å²) in [4.78, 5) is 3.50. The topological polar surface area (TPSA) is 4.36 Å². The molecular weight excluding hydrogens is 206 g/mol. The second kappa shape index (κ2) is 4.84. The van der Waals surface area contributed by atoms with E-state index in [0.29, 0.717) is 12.0 Å². The third-order valence-electron chi connectivity index (χ3n) is 5.16. The van der Waals surface area contributed by atoms with Crippen molar-refractivity contribution in [3.8, 4) is 0 Å². The maximum Gasteiger partial charge on any atom is 0.235 e. The molecule has 0 spiro atoms. The van der Waals surface area contributed by atoms with E-state index in [1.807, 2.05) is 0 Å². The zero-order valence-electron chi connectivity index (χ0n) is 11.5. The van der Waals surface area contributed by atoms with Crippen molar-refractivity contribution in [3.05, 3.63) is 23.1 Å². The Morgan fingerprint density at radius 1 is 1.41 bits per heavy atom. The Balaban J connectivity index is 2.16. The highest BCUT2D eigenvalue weighted by Gasteiger charge is 2.48. The van der Waals surface area contributed by atoms with Crippen molar-refractivity contribution in [3.63, 3.8) is 0 Å². The van der Waals surface area contributed by atoms with Crippen molar-refractivity contribution < 1.29 is 0 Å². The van der Waals surface area contributed by atoms with Gasteiger partial charge in [-0.25, -0.2) is 6.57 Å². The molecule has 0 N–H and O–H groups in total. The van der Waals surface area contributed by atoms with Gasteiger partial charge in [-0.2, -0.15) is 0 Å². The van der Waals surface area contributed by atoms with E-state index in [9.17, 15) is 0 Å². The molecule has 0 saturated heterocycles. The molecule has 17 heavy (non-hydrogen) atoms. The van der Waals surface area contributed by atoms with Crippen molar-refractivity contribution in [1.82, 2.24) is 0 Å². The van der Waals surface area contributed by atoms with Crippen molar-refractivity contribution in [2.24, 2.45) is 23.2 Å². The minimum Gasteiger partial charge on any atom is -0.312 e. The van der Waals surface area contributed by atoms with Gasteiger partial charge < -0.3 is 4.85 Å². The molecular formula is C16H25N. The van der Waals surface area contributed by atoms with E-state index in [4.69, 9.17) is 6.57 Å². The summed E-state index contributed by atoms with van der Waals surface area (Å²) in [6, 6.07) is 0. The second-order valence-corrected chi connectivity index (χ2v) is 6.58. The maximum atomic E-state index is 6.95. The number of allylic oxidation sites excluding steroid dienone is 1. The molecule has 0 bridgehead atoms. The van der Waals surface area contributed by atoms with Crippen LogP contribution in [0.3, 0.4) is 0 Å². The van der Waals surface area contributed by atoms with Crippen molar-refractivity contribution in [1.29, 1.82) is 0 Å². The fourth-order valence-electron chi connectivity index (χ4n) is 4.50. The Kier molecular flexibility index (Phi) is 3.61. The summed E-state index contributed by atoms with van der Waals surface area (Å²) < 4.78 is 0. The van der Waals surface area contributed by atoms with Crippen LogP contribution in [-0.2, 0) is 0 Å². The molecule has 0 unspecified atom stereocenters. The van der Waals surface area contributed by atoms with Crippen LogP contribution in [0.1, 0.15) is 52.9 Å². The molecule has 94 valence electrons. The molecule has 2 fully saturated rings. The molecule has 2 aliphatic carbocycles. The Hall–Kier alpha value is -0.770. The first-order valence-corrected chi connectivity index (χ1v) is 7.07. The van der Waals surface area contributed by atoms with Gasteiger partial charge in [0.1, 0.15) is 0 Å². The molecule has 0 aliphatic heterocycles. The van der Waals surface area contributed by atoms with Crippen LogP contribution in [0.4, 0.5) is 0 Å². The average molecular weight is 231 g/mol. The maximum absolute atomic E-state index is 6.95. The van der Waals surface area contributed by atoms with E-state index in [0.717, 1.165) is 17.8 Å². The van der Waals surface area contributed by atoms with Crippen LogP contribution in [0.5, 0.6) is 0 Å². The lowest BCUT2D eigenvalue weighted by atomic mass is 9.63. The summed E-state index contributed by atoms with van der Waals surface area (Å²) in [6.45, 7) is 14.6. The largest absolute Gasteiger partial charge is 0.312 e. The fraction of sp³-hybridized carbons (Fsp3) is 0.812. The molecule has 0 aromatic carbocycles. The zero-order chi connectivity index (χ0) is 12.5. The average Bonchev–Trinajstić information content (AvgIpc) is 2.57. The van der Waals surface area contributed by atoms with Crippen LogP contribution in [0.15, 0.2) is 11.6 Å². The van der Waals surface area contributed by atoms with Gasteiger partial charge >= 0.3 is 0 Å².